The molecule has 1 aromatic heterocycles. The minimum Gasteiger partial charge on any atom is -0.491 e. The van der Waals surface area contributed by atoms with Crippen LogP contribution in [0.25, 0.3) is 0 Å². The molecule has 0 spiro atoms. The SMILES string of the molecule is CC(C)S(=O)(=O)N(C)c1cc(C(=O)N[C@@H](COc2cc(F)cc(F)c2)[C@@H](O)CCNC2CC2)cc(NCC2C[C@@H]2C)n1. The summed E-state index contributed by atoms with van der Waals surface area (Å²) in [6, 6.07) is 5.14. The highest BCUT2D eigenvalue weighted by Gasteiger charge is 2.32. The highest BCUT2D eigenvalue weighted by Crippen LogP contribution is 2.37. The Balaban J connectivity index is 1.55. The first-order chi connectivity index (χ1) is 19.8. The lowest BCUT2D eigenvalue weighted by atomic mass is 10.1. The van der Waals surface area contributed by atoms with E-state index in [1.54, 1.807) is 13.8 Å². The highest BCUT2D eigenvalue weighted by molar-refractivity contribution is 7.93. The van der Waals surface area contributed by atoms with Gasteiger partial charge in [0.25, 0.3) is 5.91 Å². The van der Waals surface area contributed by atoms with Crippen LogP contribution in [-0.2, 0) is 10.0 Å². The van der Waals surface area contributed by atoms with E-state index in [1.807, 2.05) is 0 Å². The summed E-state index contributed by atoms with van der Waals surface area (Å²) in [5.41, 5.74) is 0.127. The zero-order chi connectivity index (χ0) is 30.6. The molecule has 4 rings (SSSR count). The van der Waals surface area contributed by atoms with E-state index in [1.165, 1.54) is 19.2 Å². The summed E-state index contributed by atoms with van der Waals surface area (Å²) in [4.78, 5) is 18.0. The van der Waals surface area contributed by atoms with Crippen molar-refractivity contribution in [2.24, 2.45) is 11.8 Å². The molecule has 42 heavy (non-hydrogen) atoms. The van der Waals surface area contributed by atoms with E-state index in [-0.39, 0.29) is 23.7 Å². The zero-order valence-corrected chi connectivity index (χ0v) is 25.3. The van der Waals surface area contributed by atoms with Crippen LogP contribution in [0.15, 0.2) is 30.3 Å². The molecule has 1 unspecified atom stereocenters. The number of amides is 1. The van der Waals surface area contributed by atoms with Gasteiger partial charge in [-0.3, -0.25) is 9.10 Å². The molecule has 0 radical (unpaired) electrons. The molecule has 1 aromatic carbocycles. The van der Waals surface area contributed by atoms with Gasteiger partial charge in [-0.25, -0.2) is 22.2 Å². The normalized spacial score (nSPS) is 19.7. The van der Waals surface area contributed by atoms with Crippen molar-refractivity contribution in [2.45, 2.75) is 69.9 Å². The number of benzene rings is 1. The Bertz CT molecular complexity index is 1340. The van der Waals surface area contributed by atoms with Crippen LogP contribution in [-0.4, -0.2) is 74.6 Å². The monoisotopic (exact) mass is 609 g/mol. The minimum absolute atomic E-state index is 0.0694. The van der Waals surface area contributed by atoms with Crippen LogP contribution in [0, 0.1) is 23.5 Å². The lowest BCUT2D eigenvalue weighted by Crippen LogP contribution is -2.48. The number of halogens is 2. The minimum atomic E-state index is -3.73. The maximum absolute atomic E-state index is 13.7. The summed E-state index contributed by atoms with van der Waals surface area (Å²) in [7, 11) is -2.34. The van der Waals surface area contributed by atoms with E-state index in [0.29, 0.717) is 43.2 Å². The van der Waals surface area contributed by atoms with E-state index in [2.05, 4.69) is 27.9 Å². The predicted molar refractivity (Wildman–Crippen MR) is 157 cm³/mol. The summed E-state index contributed by atoms with van der Waals surface area (Å²) in [5.74, 6) is -0.836. The maximum atomic E-state index is 13.7. The van der Waals surface area contributed by atoms with E-state index in [4.69, 9.17) is 4.74 Å². The number of rotatable bonds is 16. The van der Waals surface area contributed by atoms with Crippen molar-refractivity contribution in [3.8, 4) is 5.75 Å². The molecule has 2 aliphatic rings. The van der Waals surface area contributed by atoms with Gasteiger partial charge < -0.3 is 25.8 Å². The van der Waals surface area contributed by atoms with E-state index >= 15 is 0 Å². The molecular formula is C29H41F2N5O5S. The average molecular weight is 610 g/mol. The molecule has 232 valence electrons. The Hall–Kier alpha value is -3.03. The van der Waals surface area contributed by atoms with Crippen LogP contribution >= 0.6 is 0 Å². The van der Waals surface area contributed by atoms with Crippen LogP contribution in [0.2, 0.25) is 0 Å². The highest BCUT2D eigenvalue weighted by atomic mass is 32.2. The second kappa shape index (κ2) is 13.5. The van der Waals surface area contributed by atoms with Gasteiger partial charge in [0.15, 0.2) is 0 Å². The largest absolute Gasteiger partial charge is 0.491 e. The standard InChI is InChI=1S/C29H41F2N5O5S/c1-17(2)42(39,40)36(4)28-11-19(10-27(35-28)33-15-20-9-18(20)3)29(38)34-25(26(37)7-8-32-23-5-6-23)16-41-24-13-21(30)12-22(31)14-24/h10-14,17-18,20,23,25-26,32,37H,5-9,15-16H2,1-4H3,(H,33,35)(H,34,38)/t18-,20?,25-,26-/m0/s1. The molecule has 10 nitrogen and oxygen atoms in total. The summed E-state index contributed by atoms with van der Waals surface area (Å²) < 4.78 is 59.8. The Morgan fingerprint density at radius 1 is 1.17 bits per heavy atom. The third-order valence-corrected chi connectivity index (χ3v) is 9.83. The lowest BCUT2D eigenvalue weighted by Gasteiger charge is -2.25. The first-order valence-electron chi connectivity index (χ1n) is 14.4. The molecule has 0 saturated heterocycles. The van der Waals surface area contributed by atoms with Gasteiger partial charge in [-0.15, -0.1) is 0 Å². The number of ether oxygens (including phenoxy) is 1. The van der Waals surface area contributed by atoms with Crippen molar-refractivity contribution in [1.82, 2.24) is 15.6 Å². The van der Waals surface area contributed by atoms with E-state index in [9.17, 15) is 27.1 Å². The van der Waals surface area contributed by atoms with Crippen molar-refractivity contribution in [3.63, 3.8) is 0 Å². The van der Waals surface area contributed by atoms with Gasteiger partial charge in [0.05, 0.1) is 17.4 Å². The number of aliphatic hydroxyl groups is 1. The summed E-state index contributed by atoms with van der Waals surface area (Å²) >= 11 is 0. The molecule has 2 saturated carbocycles. The number of carbonyl (C=O) groups excluding carboxylic acids is 1. The summed E-state index contributed by atoms with van der Waals surface area (Å²) in [6.45, 7) is 6.15. The van der Waals surface area contributed by atoms with Gasteiger partial charge in [-0.1, -0.05) is 6.92 Å². The van der Waals surface area contributed by atoms with Crippen molar-refractivity contribution in [1.29, 1.82) is 0 Å². The van der Waals surface area contributed by atoms with Crippen molar-refractivity contribution in [3.05, 3.63) is 47.5 Å². The number of nitrogens with zero attached hydrogens (tertiary/aromatic N) is 2. The van der Waals surface area contributed by atoms with E-state index < -0.39 is 45.0 Å². The summed E-state index contributed by atoms with van der Waals surface area (Å²) in [6.07, 6.45) is 2.48. The molecule has 4 atom stereocenters. The molecule has 0 bridgehead atoms. The summed E-state index contributed by atoms with van der Waals surface area (Å²) in [5, 5.41) is 19.6. The van der Waals surface area contributed by atoms with Crippen LogP contribution in [0.4, 0.5) is 20.4 Å². The molecule has 1 heterocycles. The number of hydrogen-bond acceptors (Lipinski definition) is 8. The average Bonchev–Trinajstić information content (AvgIpc) is 3.86. The Morgan fingerprint density at radius 2 is 1.83 bits per heavy atom. The molecule has 2 aliphatic carbocycles. The first-order valence-corrected chi connectivity index (χ1v) is 15.9. The Morgan fingerprint density at radius 3 is 2.43 bits per heavy atom. The lowest BCUT2D eigenvalue weighted by molar-refractivity contribution is 0.0706. The smallest absolute Gasteiger partial charge is 0.251 e. The van der Waals surface area contributed by atoms with Gasteiger partial charge in [-0.2, -0.15) is 0 Å². The number of sulfonamides is 1. The van der Waals surface area contributed by atoms with Crippen molar-refractivity contribution in [2.75, 3.05) is 36.4 Å². The number of carbonyl (C=O) groups is 1. The molecule has 4 N–H and O–H groups in total. The molecule has 1 amide bonds. The molecule has 13 heteroatoms. The number of aliphatic hydroxyl groups excluding tert-OH is 1. The van der Waals surface area contributed by atoms with Crippen LogP contribution in [0.1, 0.15) is 56.8 Å². The van der Waals surface area contributed by atoms with Gasteiger partial charge in [-0.05, 0) is 70.0 Å². The van der Waals surface area contributed by atoms with Crippen LogP contribution in [0.3, 0.4) is 0 Å². The third-order valence-electron chi connectivity index (χ3n) is 7.69. The molecule has 2 fully saturated rings. The van der Waals surface area contributed by atoms with Crippen molar-refractivity contribution >= 4 is 27.6 Å². The topological polar surface area (TPSA) is 133 Å². The van der Waals surface area contributed by atoms with Gasteiger partial charge in [0.2, 0.25) is 10.0 Å². The fourth-order valence-corrected chi connectivity index (χ4v) is 5.47. The third kappa shape index (κ3) is 8.74. The van der Waals surface area contributed by atoms with Gasteiger partial charge >= 0.3 is 0 Å². The second-order valence-electron chi connectivity index (χ2n) is 11.6. The quantitative estimate of drug-likeness (QED) is 0.228. The number of nitrogens with one attached hydrogen (secondary N) is 3. The molecule has 0 aliphatic heterocycles. The number of pyridine rings is 1. The fraction of sp³-hybridized carbons (Fsp3) is 0.586. The first kappa shape index (κ1) is 31.9. The second-order valence-corrected chi connectivity index (χ2v) is 14.1. The fourth-order valence-electron chi connectivity index (χ4n) is 4.49. The maximum Gasteiger partial charge on any atom is 0.251 e. The van der Waals surface area contributed by atoms with Crippen LogP contribution < -0.4 is 25.0 Å². The van der Waals surface area contributed by atoms with Crippen molar-refractivity contribution < 1.29 is 31.8 Å². The predicted octanol–water partition coefficient (Wildman–Crippen LogP) is 3.28. The molecule has 2 aromatic rings. The zero-order valence-electron chi connectivity index (χ0n) is 24.4. The van der Waals surface area contributed by atoms with E-state index in [0.717, 1.165) is 41.8 Å². The van der Waals surface area contributed by atoms with Crippen LogP contribution in [0.5, 0.6) is 5.75 Å². The van der Waals surface area contributed by atoms with Gasteiger partial charge in [0, 0.05) is 43.4 Å². The van der Waals surface area contributed by atoms with Gasteiger partial charge in [0.1, 0.15) is 35.6 Å². The Kier molecular flexibility index (Phi) is 10.3. The number of hydrogen-bond donors (Lipinski definition) is 4. The molecular weight excluding hydrogens is 568 g/mol. The Labute approximate surface area is 246 Å². The number of aromatic nitrogens is 1. The number of anilines is 2.